The first-order valence-electron chi connectivity index (χ1n) is 9.32. The van der Waals surface area contributed by atoms with Gasteiger partial charge < -0.3 is 0 Å². The Kier molecular flexibility index (Phi) is 6.64. The van der Waals surface area contributed by atoms with E-state index in [9.17, 15) is 8.42 Å². The molecule has 0 radical (unpaired) electrons. The molecule has 0 bridgehead atoms. The van der Waals surface area contributed by atoms with E-state index in [1.54, 1.807) is 12.1 Å². The summed E-state index contributed by atoms with van der Waals surface area (Å²) in [6.07, 6.45) is 0.951. The van der Waals surface area contributed by atoms with Gasteiger partial charge in [-0.2, -0.15) is 9.40 Å². The summed E-state index contributed by atoms with van der Waals surface area (Å²) in [7, 11) is -3.53. The molecule has 1 aromatic carbocycles. The fourth-order valence-corrected chi connectivity index (χ4v) is 4.65. The number of aryl methyl sites for hydroxylation is 2. The summed E-state index contributed by atoms with van der Waals surface area (Å²) in [5, 5.41) is 4.51. The Hall–Kier alpha value is -1.66. The van der Waals surface area contributed by atoms with Gasteiger partial charge in [-0.05, 0) is 50.8 Å². The van der Waals surface area contributed by atoms with Crippen LogP contribution >= 0.6 is 0 Å². The zero-order chi connectivity index (χ0) is 19.5. The Bertz CT molecular complexity index is 837. The Morgan fingerprint density at radius 3 is 2.19 bits per heavy atom. The number of rotatable bonds is 8. The Balaban J connectivity index is 2.29. The first-order valence-corrected chi connectivity index (χ1v) is 10.8. The van der Waals surface area contributed by atoms with Crippen LogP contribution in [-0.2, 0) is 29.5 Å². The van der Waals surface area contributed by atoms with E-state index in [4.69, 9.17) is 0 Å². The Morgan fingerprint density at radius 1 is 1.12 bits per heavy atom. The fourth-order valence-electron chi connectivity index (χ4n) is 3.23. The summed E-state index contributed by atoms with van der Waals surface area (Å²) in [6.45, 7) is 13.7. The first-order chi connectivity index (χ1) is 12.2. The molecule has 2 aromatic rings. The molecule has 0 N–H and O–H groups in total. The van der Waals surface area contributed by atoms with Crippen LogP contribution in [0.2, 0.25) is 0 Å². The van der Waals surface area contributed by atoms with Crippen molar-refractivity contribution in [2.45, 2.75) is 65.9 Å². The first kappa shape index (κ1) is 20.6. The van der Waals surface area contributed by atoms with Crippen LogP contribution in [0.4, 0.5) is 0 Å². The third-order valence-corrected chi connectivity index (χ3v) is 6.66. The van der Waals surface area contributed by atoms with E-state index in [0.29, 0.717) is 23.9 Å². The molecule has 0 aliphatic rings. The minimum atomic E-state index is -3.53. The number of sulfonamides is 1. The SMILES string of the molecule is CCN(Cc1c(C)nn(CC)c1C)S(=O)(=O)c1ccc(CC(C)C)cc1. The Morgan fingerprint density at radius 2 is 1.73 bits per heavy atom. The van der Waals surface area contributed by atoms with Crippen LogP contribution in [0, 0.1) is 19.8 Å². The van der Waals surface area contributed by atoms with Gasteiger partial charge in [0.05, 0.1) is 10.6 Å². The molecule has 0 amide bonds. The number of hydrogen-bond acceptors (Lipinski definition) is 3. The van der Waals surface area contributed by atoms with Crippen LogP contribution < -0.4 is 0 Å². The average Bonchev–Trinajstić information content (AvgIpc) is 2.86. The average molecular weight is 378 g/mol. The zero-order valence-corrected chi connectivity index (χ0v) is 17.6. The molecule has 0 atom stereocenters. The van der Waals surface area contributed by atoms with Gasteiger partial charge in [-0.3, -0.25) is 4.68 Å². The van der Waals surface area contributed by atoms with Gasteiger partial charge in [-0.1, -0.05) is 32.9 Å². The van der Waals surface area contributed by atoms with Crippen molar-refractivity contribution in [2.75, 3.05) is 6.54 Å². The van der Waals surface area contributed by atoms with Crippen molar-refractivity contribution >= 4 is 10.0 Å². The van der Waals surface area contributed by atoms with Gasteiger partial charge in [0.1, 0.15) is 0 Å². The number of benzene rings is 1. The highest BCUT2D eigenvalue weighted by atomic mass is 32.2. The lowest BCUT2D eigenvalue weighted by atomic mass is 10.0. The highest BCUT2D eigenvalue weighted by molar-refractivity contribution is 7.89. The second-order valence-corrected chi connectivity index (χ2v) is 9.08. The van der Waals surface area contributed by atoms with Crippen molar-refractivity contribution in [3.8, 4) is 0 Å². The van der Waals surface area contributed by atoms with E-state index < -0.39 is 10.0 Å². The van der Waals surface area contributed by atoms with Gasteiger partial charge >= 0.3 is 0 Å². The van der Waals surface area contributed by atoms with Crippen LogP contribution in [0.15, 0.2) is 29.2 Å². The van der Waals surface area contributed by atoms with Gasteiger partial charge in [0.2, 0.25) is 10.0 Å². The monoisotopic (exact) mass is 377 g/mol. The molecule has 1 heterocycles. The highest BCUT2D eigenvalue weighted by Gasteiger charge is 2.25. The molecule has 6 heteroatoms. The summed E-state index contributed by atoms with van der Waals surface area (Å²) in [4.78, 5) is 0.352. The summed E-state index contributed by atoms with van der Waals surface area (Å²) >= 11 is 0. The molecule has 0 spiro atoms. The molecule has 2 rings (SSSR count). The third kappa shape index (κ3) is 4.35. The molecular weight excluding hydrogens is 346 g/mol. The quantitative estimate of drug-likeness (QED) is 0.700. The van der Waals surface area contributed by atoms with Crippen molar-refractivity contribution in [2.24, 2.45) is 5.92 Å². The van der Waals surface area contributed by atoms with Crippen molar-refractivity contribution in [3.63, 3.8) is 0 Å². The second kappa shape index (κ2) is 8.35. The predicted octanol–water partition coefficient (Wildman–Crippen LogP) is 3.93. The lowest BCUT2D eigenvalue weighted by molar-refractivity contribution is 0.421. The molecule has 144 valence electrons. The maximum Gasteiger partial charge on any atom is 0.243 e. The van der Waals surface area contributed by atoms with Crippen molar-refractivity contribution in [3.05, 3.63) is 46.8 Å². The maximum atomic E-state index is 13.1. The van der Waals surface area contributed by atoms with Crippen LogP contribution in [0.3, 0.4) is 0 Å². The van der Waals surface area contributed by atoms with Crippen LogP contribution in [-0.4, -0.2) is 29.0 Å². The van der Waals surface area contributed by atoms with E-state index in [1.807, 2.05) is 44.5 Å². The van der Waals surface area contributed by atoms with E-state index in [2.05, 4.69) is 18.9 Å². The number of aromatic nitrogens is 2. The van der Waals surface area contributed by atoms with Crippen LogP contribution in [0.5, 0.6) is 0 Å². The third-order valence-electron chi connectivity index (χ3n) is 4.72. The molecule has 0 aliphatic heterocycles. The van der Waals surface area contributed by atoms with Crippen LogP contribution in [0.1, 0.15) is 50.2 Å². The van der Waals surface area contributed by atoms with E-state index >= 15 is 0 Å². The molecule has 0 saturated heterocycles. The molecule has 0 fully saturated rings. The molecule has 1 aromatic heterocycles. The topological polar surface area (TPSA) is 55.2 Å². The highest BCUT2D eigenvalue weighted by Crippen LogP contribution is 2.22. The normalized spacial score (nSPS) is 12.3. The van der Waals surface area contributed by atoms with Gasteiger partial charge in [0.25, 0.3) is 0 Å². The van der Waals surface area contributed by atoms with E-state index in [1.165, 1.54) is 4.31 Å². The van der Waals surface area contributed by atoms with Gasteiger partial charge in [0, 0.05) is 30.9 Å². The lowest BCUT2D eigenvalue weighted by Gasteiger charge is -2.21. The molecular formula is C20H31N3O2S. The molecule has 0 unspecified atom stereocenters. The summed E-state index contributed by atoms with van der Waals surface area (Å²) in [6, 6.07) is 7.30. The lowest BCUT2D eigenvalue weighted by Crippen LogP contribution is -2.31. The van der Waals surface area contributed by atoms with Crippen molar-refractivity contribution < 1.29 is 8.42 Å². The molecule has 26 heavy (non-hydrogen) atoms. The summed E-state index contributed by atoms with van der Waals surface area (Å²) in [5.74, 6) is 0.547. The molecule has 0 aliphatic carbocycles. The summed E-state index contributed by atoms with van der Waals surface area (Å²) < 4.78 is 29.6. The van der Waals surface area contributed by atoms with Crippen molar-refractivity contribution in [1.29, 1.82) is 0 Å². The van der Waals surface area contributed by atoms with Crippen LogP contribution in [0.25, 0.3) is 0 Å². The minimum Gasteiger partial charge on any atom is -0.270 e. The smallest absolute Gasteiger partial charge is 0.243 e. The fraction of sp³-hybridized carbons (Fsp3) is 0.550. The maximum absolute atomic E-state index is 13.1. The minimum absolute atomic E-state index is 0.351. The predicted molar refractivity (Wildman–Crippen MR) is 106 cm³/mol. The second-order valence-electron chi connectivity index (χ2n) is 7.14. The largest absolute Gasteiger partial charge is 0.270 e. The summed E-state index contributed by atoms with van der Waals surface area (Å²) in [5.41, 5.74) is 4.09. The van der Waals surface area contributed by atoms with E-state index in [-0.39, 0.29) is 0 Å². The molecule has 5 nitrogen and oxygen atoms in total. The van der Waals surface area contributed by atoms with E-state index in [0.717, 1.165) is 35.5 Å². The van der Waals surface area contributed by atoms with Gasteiger partial charge in [-0.25, -0.2) is 8.42 Å². The molecule has 0 saturated carbocycles. The van der Waals surface area contributed by atoms with Gasteiger partial charge in [0.15, 0.2) is 0 Å². The Labute approximate surface area is 158 Å². The zero-order valence-electron chi connectivity index (χ0n) is 16.8. The standard InChI is InChI=1S/C20H31N3O2S/c1-7-22(14-20-16(5)21-23(8-2)17(20)6)26(24,25)19-11-9-18(10-12-19)13-15(3)4/h9-12,15H,7-8,13-14H2,1-6H3. The number of hydrogen-bond donors (Lipinski definition) is 0. The number of nitrogens with zero attached hydrogens (tertiary/aromatic N) is 3. The van der Waals surface area contributed by atoms with Gasteiger partial charge in [-0.15, -0.1) is 0 Å². The van der Waals surface area contributed by atoms with Crippen molar-refractivity contribution in [1.82, 2.24) is 14.1 Å².